The van der Waals surface area contributed by atoms with Crippen molar-refractivity contribution >= 4 is 18.0 Å². The van der Waals surface area contributed by atoms with E-state index in [9.17, 15) is 9.59 Å². The van der Waals surface area contributed by atoms with Crippen LogP contribution in [0, 0.1) is 0 Å². The molecule has 0 bridgehead atoms. The highest BCUT2D eigenvalue weighted by molar-refractivity contribution is 5.91. The summed E-state index contributed by atoms with van der Waals surface area (Å²) in [4.78, 5) is 23.0. The van der Waals surface area contributed by atoms with Crippen LogP contribution in [0.15, 0.2) is 42.7 Å². The van der Waals surface area contributed by atoms with Crippen LogP contribution in [-0.4, -0.2) is 28.8 Å². The Hall–Kier alpha value is -2.89. The van der Waals surface area contributed by atoms with Gasteiger partial charge in [-0.2, -0.15) is 5.10 Å². The second-order valence-corrected chi connectivity index (χ2v) is 4.69. The Morgan fingerprint density at radius 2 is 2.05 bits per heavy atom. The van der Waals surface area contributed by atoms with Crippen molar-refractivity contribution in [1.82, 2.24) is 15.1 Å². The van der Waals surface area contributed by atoms with Gasteiger partial charge >= 0.3 is 5.97 Å². The van der Waals surface area contributed by atoms with Gasteiger partial charge in [0, 0.05) is 31.4 Å². The Labute approximate surface area is 128 Å². The highest BCUT2D eigenvalue weighted by atomic mass is 16.5. The predicted molar refractivity (Wildman–Crippen MR) is 81.9 cm³/mol. The monoisotopic (exact) mass is 299 g/mol. The summed E-state index contributed by atoms with van der Waals surface area (Å²) in [5.41, 5.74) is 2.24. The lowest BCUT2D eigenvalue weighted by molar-refractivity contribution is -0.116. The Balaban J connectivity index is 1.85. The highest BCUT2D eigenvalue weighted by Gasteiger charge is 2.04. The lowest BCUT2D eigenvalue weighted by atomic mass is 10.1. The molecule has 0 saturated heterocycles. The van der Waals surface area contributed by atoms with Gasteiger partial charge in [0.15, 0.2) is 0 Å². The van der Waals surface area contributed by atoms with E-state index in [1.54, 1.807) is 41.2 Å². The van der Waals surface area contributed by atoms with Crippen LogP contribution in [0.25, 0.3) is 6.08 Å². The normalized spacial score (nSPS) is 10.6. The van der Waals surface area contributed by atoms with Gasteiger partial charge in [0.05, 0.1) is 18.9 Å². The molecule has 0 fully saturated rings. The first-order valence-electron chi connectivity index (χ1n) is 6.70. The van der Waals surface area contributed by atoms with Gasteiger partial charge in [-0.3, -0.25) is 9.48 Å². The minimum absolute atomic E-state index is 0.194. The van der Waals surface area contributed by atoms with Gasteiger partial charge in [0.1, 0.15) is 0 Å². The SMILES string of the molecule is COC(=O)c1ccc(CNC(=O)/C=C/c2cnn(C)c2)cc1. The van der Waals surface area contributed by atoms with Gasteiger partial charge in [-0.15, -0.1) is 0 Å². The molecule has 2 aromatic rings. The molecule has 1 amide bonds. The number of rotatable bonds is 5. The van der Waals surface area contributed by atoms with Crippen molar-refractivity contribution in [2.24, 2.45) is 7.05 Å². The van der Waals surface area contributed by atoms with Crippen molar-refractivity contribution in [3.8, 4) is 0 Å². The van der Waals surface area contributed by atoms with Crippen LogP contribution in [-0.2, 0) is 23.1 Å². The zero-order valence-electron chi connectivity index (χ0n) is 12.4. The Bertz CT molecular complexity index is 687. The first kappa shape index (κ1) is 15.5. The van der Waals surface area contributed by atoms with Crippen LogP contribution in [0.2, 0.25) is 0 Å². The first-order chi connectivity index (χ1) is 10.6. The third-order valence-electron chi connectivity index (χ3n) is 2.99. The molecule has 0 atom stereocenters. The summed E-state index contributed by atoms with van der Waals surface area (Å²) in [5.74, 6) is -0.573. The number of amides is 1. The van der Waals surface area contributed by atoms with Crippen molar-refractivity contribution in [1.29, 1.82) is 0 Å². The van der Waals surface area contributed by atoms with Gasteiger partial charge in [0.25, 0.3) is 0 Å². The molecule has 1 N–H and O–H groups in total. The van der Waals surface area contributed by atoms with Crippen molar-refractivity contribution in [3.05, 3.63) is 59.4 Å². The van der Waals surface area contributed by atoms with Crippen LogP contribution in [0.5, 0.6) is 0 Å². The second kappa shape index (κ2) is 7.21. The van der Waals surface area contributed by atoms with E-state index < -0.39 is 0 Å². The summed E-state index contributed by atoms with van der Waals surface area (Å²) in [6.07, 6.45) is 6.65. The largest absolute Gasteiger partial charge is 0.465 e. The summed E-state index contributed by atoms with van der Waals surface area (Å²) in [6.45, 7) is 0.387. The van der Waals surface area contributed by atoms with Crippen LogP contribution in [0.3, 0.4) is 0 Å². The molecule has 6 nitrogen and oxygen atoms in total. The number of ether oxygens (including phenoxy) is 1. The van der Waals surface area contributed by atoms with E-state index in [1.165, 1.54) is 13.2 Å². The van der Waals surface area contributed by atoms with Gasteiger partial charge in [0.2, 0.25) is 5.91 Å². The molecule has 6 heteroatoms. The van der Waals surface area contributed by atoms with Crippen LogP contribution in [0.4, 0.5) is 0 Å². The fourth-order valence-electron chi connectivity index (χ4n) is 1.82. The number of hydrogen-bond acceptors (Lipinski definition) is 4. The molecule has 1 heterocycles. The maximum absolute atomic E-state index is 11.7. The number of esters is 1. The maximum Gasteiger partial charge on any atom is 0.337 e. The molecule has 22 heavy (non-hydrogen) atoms. The third-order valence-corrected chi connectivity index (χ3v) is 2.99. The summed E-state index contributed by atoms with van der Waals surface area (Å²) in [7, 11) is 3.15. The number of nitrogens with zero attached hydrogens (tertiary/aromatic N) is 2. The van der Waals surface area contributed by atoms with Crippen molar-refractivity contribution < 1.29 is 14.3 Å². The summed E-state index contributed by atoms with van der Waals surface area (Å²) < 4.78 is 6.29. The quantitative estimate of drug-likeness (QED) is 0.671. The van der Waals surface area contributed by atoms with E-state index in [-0.39, 0.29) is 11.9 Å². The van der Waals surface area contributed by atoms with Gasteiger partial charge in [-0.1, -0.05) is 12.1 Å². The van der Waals surface area contributed by atoms with E-state index in [0.29, 0.717) is 12.1 Å². The molecule has 114 valence electrons. The molecular weight excluding hydrogens is 282 g/mol. The molecule has 1 aromatic carbocycles. The van der Waals surface area contributed by atoms with Crippen molar-refractivity contribution in [2.45, 2.75) is 6.54 Å². The Kier molecular flexibility index (Phi) is 5.08. The first-order valence-corrected chi connectivity index (χ1v) is 6.70. The van der Waals surface area contributed by atoms with E-state index in [2.05, 4.69) is 15.2 Å². The smallest absolute Gasteiger partial charge is 0.337 e. The molecule has 1 aromatic heterocycles. The van der Waals surface area contributed by atoms with E-state index in [0.717, 1.165) is 11.1 Å². The van der Waals surface area contributed by atoms with E-state index in [4.69, 9.17) is 0 Å². The Morgan fingerprint density at radius 1 is 1.32 bits per heavy atom. The van der Waals surface area contributed by atoms with Crippen LogP contribution >= 0.6 is 0 Å². The number of aromatic nitrogens is 2. The molecule has 0 saturated carbocycles. The lowest BCUT2D eigenvalue weighted by Crippen LogP contribution is -2.20. The number of carbonyl (C=O) groups is 2. The fraction of sp³-hybridized carbons (Fsp3) is 0.188. The number of aryl methyl sites for hydroxylation is 1. The standard InChI is InChI=1S/C16H17N3O3/c1-19-11-13(10-18-19)5-8-15(20)17-9-12-3-6-14(7-4-12)16(21)22-2/h3-8,10-11H,9H2,1-2H3,(H,17,20)/b8-5+. The summed E-state index contributed by atoms with van der Waals surface area (Å²) >= 11 is 0. The van der Waals surface area contributed by atoms with Crippen LogP contribution < -0.4 is 5.32 Å². The zero-order chi connectivity index (χ0) is 15.9. The van der Waals surface area contributed by atoms with Gasteiger partial charge < -0.3 is 10.1 Å². The average molecular weight is 299 g/mol. The topological polar surface area (TPSA) is 73.2 Å². The summed E-state index contributed by atoms with van der Waals surface area (Å²) in [5, 5.41) is 6.78. The number of carbonyl (C=O) groups excluding carboxylic acids is 2. The van der Waals surface area contributed by atoms with Gasteiger partial charge in [-0.05, 0) is 23.8 Å². The minimum Gasteiger partial charge on any atom is -0.465 e. The molecule has 0 radical (unpaired) electrons. The second-order valence-electron chi connectivity index (χ2n) is 4.69. The van der Waals surface area contributed by atoms with E-state index >= 15 is 0 Å². The molecule has 0 unspecified atom stereocenters. The average Bonchev–Trinajstić information content (AvgIpc) is 2.96. The minimum atomic E-state index is -0.380. The van der Waals surface area contributed by atoms with Crippen molar-refractivity contribution in [3.63, 3.8) is 0 Å². The Morgan fingerprint density at radius 3 is 2.64 bits per heavy atom. The zero-order valence-corrected chi connectivity index (χ0v) is 12.4. The molecule has 0 aliphatic carbocycles. The predicted octanol–water partition coefficient (Wildman–Crippen LogP) is 1.54. The highest BCUT2D eigenvalue weighted by Crippen LogP contribution is 2.05. The van der Waals surface area contributed by atoms with E-state index in [1.807, 2.05) is 13.2 Å². The molecule has 0 aliphatic rings. The van der Waals surface area contributed by atoms with Crippen LogP contribution in [0.1, 0.15) is 21.5 Å². The maximum atomic E-state index is 11.7. The number of hydrogen-bond donors (Lipinski definition) is 1. The number of benzene rings is 1. The lowest BCUT2D eigenvalue weighted by Gasteiger charge is -2.04. The molecule has 0 spiro atoms. The summed E-state index contributed by atoms with van der Waals surface area (Å²) in [6, 6.07) is 6.88. The number of nitrogens with one attached hydrogen (secondary N) is 1. The fourth-order valence-corrected chi connectivity index (χ4v) is 1.82. The molecule has 0 aliphatic heterocycles. The third kappa shape index (κ3) is 4.31. The van der Waals surface area contributed by atoms with Crippen molar-refractivity contribution in [2.75, 3.05) is 7.11 Å². The molecular formula is C16H17N3O3. The van der Waals surface area contributed by atoms with Gasteiger partial charge in [-0.25, -0.2) is 4.79 Å². The number of methoxy groups -OCH3 is 1. The molecule has 2 rings (SSSR count).